The number of hydrogen-bond donors (Lipinski definition) is 1. The Bertz CT molecular complexity index is 1250. The number of aryl methyl sites for hydroxylation is 1. The summed E-state index contributed by atoms with van der Waals surface area (Å²) < 4.78 is 5.74. The first kappa shape index (κ1) is 24.0. The standard InChI is InChI=1S/C24H16Cl4N2O2/c1-14-2-6-19(11-20(14)26)30-24(31)17(12-29)8-15-3-7-23(22(28)9-15)32-13-16-4-5-18(25)10-21(16)27/h2-11H,13H2,1H3,(H,30,31)/b17-8+. The third-order valence-electron chi connectivity index (χ3n) is 4.46. The van der Waals surface area contributed by atoms with Gasteiger partial charge in [0.2, 0.25) is 0 Å². The molecule has 0 radical (unpaired) electrons. The molecule has 0 saturated carbocycles. The van der Waals surface area contributed by atoms with Crippen molar-refractivity contribution in [3.63, 3.8) is 0 Å². The molecular formula is C24H16Cl4N2O2. The normalized spacial score (nSPS) is 11.1. The van der Waals surface area contributed by atoms with Crippen molar-refractivity contribution in [1.82, 2.24) is 0 Å². The molecule has 0 aromatic heterocycles. The predicted molar refractivity (Wildman–Crippen MR) is 131 cm³/mol. The molecule has 8 heteroatoms. The first-order valence-corrected chi connectivity index (χ1v) is 10.8. The van der Waals surface area contributed by atoms with E-state index in [1.807, 2.05) is 13.0 Å². The molecule has 1 N–H and O–H groups in total. The quantitative estimate of drug-likeness (QED) is 0.275. The molecule has 0 bridgehead atoms. The number of ether oxygens (including phenoxy) is 1. The van der Waals surface area contributed by atoms with E-state index in [0.717, 1.165) is 11.1 Å². The second-order valence-corrected chi connectivity index (χ2v) is 8.46. The Morgan fingerprint density at radius 1 is 1.00 bits per heavy atom. The first-order chi connectivity index (χ1) is 15.3. The number of halogens is 4. The Balaban J connectivity index is 1.72. The van der Waals surface area contributed by atoms with Crippen molar-refractivity contribution >= 4 is 64.1 Å². The monoisotopic (exact) mass is 504 g/mol. The van der Waals surface area contributed by atoms with Gasteiger partial charge in [0.25, 0.3) is 5.91 Å². The van der Waals surface area contributed by atoms with Gasteiger partial charge in [0.1, 0.15) is 24.0 Å². The van der Waals surface area contributed by atoms with Gasteiger partial charge in [0.15, 0.2) is 0 Å². The predicted octanol–water partition coefficient (Wildman–Crippen LogP) is 7.73. The third-order valence-corrected chi connectivity index (χ3v) is 5.75. The minimum atomic E-state index is -0.554. The van der Waals surface area contributed by atoms with E-state index in [1.165, 1.54) is 6.08 Å². The largest absolute Gasteiger partial charge is 0.487 e. The van der Waals surface area contributed by atoms with Crippen molar-refractivity contribution in [2.75, 3.05) is 5.32 Å². The maximum absolute atomic E-state index is 12.5. The molecule has 0 fully saturated rings. The molecule has 162 valence electrons. The smallest absolute Gasteiger partial charge is 0.266 e. The summed E-state index contributed by atoms with van der Waals surface area (Å²) in [7, 11) is 0. The number of anilines is 1. The van der Waals surface area contributed by atoms with E-state index in [1.54, 1.807) is 54.6 Å². The third kappa shape index (κ3) is 6.18. The molecule has 4 nitrogen and oxygen atoms in total. The van der Waals surface area contributed by atoms with Crippen LogP contribution in [0.3, 0.4) is 0 Å². The highest BCUT2D eigenvalue weighted by atomic mass is 35.5. The van der Waals surface area contributed by atoms with Crippen LogP contribution < -0.4 is 10.1 Å². The Kier molecular flexibility index (Phi) is 8.06. The van der Waals surface area contributed by atoms with Crippen LogP contribution in [0.2, 0.25) is 20.1 Å². The van der Waals surface area contributed by atoms with Gasteiger partial charge in [0, 0.05) is 26.3 Å². The number of nitrogens with one attached hydrogen (secondary N) is 1. The van der Waals surface area contributed by atoms with Gasteiger partial charge in [-0.2, -0.15) is 5.26 Å². The molecule has 0 saturated heterocycles. The van der Waals surface area contributed by atoms with E-state index < -0.39 is 5.91 Å². The summed E-state index contributed by atoms with van der Waals surface area (Å²) in [5, 5.41) is 14.0. The topological polar surface area (TPSA) is 62.1 Å². The highest BCUT2D eigenvalue weighted by molar-refractivity contribution is 6.35. The van der Waals surface area contributed by atoms with Crippen molar-refractivity contribution < 1.29 is 9.53 Å². The van der Waals surface area contributed by atoms with Gasteiger partial charge in [-0.3, -0.25) is 4.79 Å². The average Bonchev–Trinajstić information content (AvgIpc) is 2.75. The number of benzene rings is 3. The van der Waals surface area contributed by atoms with Crippen molar-refractivity contribution in [1.29, 1.82) is 5.26 Å². The maximum atomic E-state index is 12.5. The number of amides is 1. The first-order valence-electron chi connectivity index (χ1n) is 9.32. The van der Waals surface area contributed by atoms with Crippen LogP contribution in [0, 0.1) is 18.3 Å². The number of carbonyl (C=O) groups excluding carboxylic acids is 1. The molecular weight excluding hydrogens is 490 g/mol. The van der Waals surface area contributed by atoms with Crippen molar-refractivity contribution in [3.05, 3.63) is 97.0 Å². The second-order valence-electron chi connectivity index (χ2n) is 6.80. The van der Waals surface area contributed by atoms with Crippen molar-refractivity contribution in [2.45, 2.75) is 13.5 Å². The summed E-state index contributed by atoms with van der Waals surface area (Å²) in [4.78, 5) is 12.5. The van der Waals surface area contributed by atoms with E-state index in [2.05, 4.69) is 5.32 Å². The summed E-state index contributed by atoms with van der Waals surface area (Å²) in [6.45, 7) is 2.06. The Labute approximate surface area is 205 Å². The SMILES string of the molecule is Cc1ccc(NC(=O)/C(C#N)=C/c2ccc(OCc3ccc(Cl)cc3Cl)c(Cl)c2)cc1Cl. The van der Waals surface area contributed by atoms with Gasteiger partial charge >= 0.3 is 0 Å². The van der Waals surface area contributed by atoms with Crippen LogP contribution in [0.25, 0.3) is 6.08 Å². The van der Waals surface area contributed by atoms with Crippen LogP contribution >= 0.6 is 46.4 Å². The van der Waals surface area contributed by atoms with Gasteiger partial charge in [-0.15, -0.1) is 0 Å². The molecule has 3 aromatic carbocycles. The zero-order chi connectivity index (χ0) is 23.3. The van der Waals surface area contributed by atoms with Crippen LogP contribution in [0.4, 0.5) is 5.69 Å². The molecule has 0 aliphatic heterocycles. The molecule has 3 aromatic rings. The fraction of sp³-hybridized carbons (Fsp3) is 0.0833. The van der Waals surface area contributed by atoms with E-state index in [0.29, 0.717) is 37.1 Å². The minimum Gasteiger partial charge on any atom is -0.487 e. The van der Waals surface area contributed by atoms with Crippen LogP contribution in [0.5, 0.6) is 5.75 Å². The van der Waals surface area contributed by atoms with Crippen molar-refractivity contribution in [2.24, 2.45) is 0 Å². The zero-order valence-electron chi connectivity index (χ0n) is 16.8. The lowest BCUT2D eigenvalue weighted by Gasteiger charge is -2.10. The highest BCUT2D eigenvalue weighted by Crippen LogP contribution is 2.29. The fourth-order valence-electron chi connectivity index (χ4n) is 2.70. The van der Waals surface area contributed by atoms with Gasteiger partial charge in [0.05, 0.1) is 5.02 Å². The van der Waals surface area contributed by atoms with Gasteiger partial charge < -0.3 is 10.1 Å². The summed E-state index contributed by atoms with van der Waals surface area (Å²) >= 11 is 24.5. The average molecular weight is 506 g/mol. The van der Waals surface area contributed by atoms with Gasteiger partial charge in [-0.1, -0.05) is 64.6 Å². The number of nitriles is 1. The molecule has 0 atom stereocenters. The second kappa shape index (κ2) is 10.8. The lowest BCUT2D eigenvalue weighted by Crippen LogP contribution is -2.13. The van der Waals surface area contributed by atoms with Crippen molar-refractivity contribution in [3.8, 4) is 11.8 Å². The van der Waals surface area contributed by atoms with Crippen LogP contribution in [0.15, 0.2) is 60.2 Å². The van der Waals surface area contributed by atoms with Crippen LogP contribution in [0.1, 0.15) is 16.7 Å². The Hall–Kier alpha value is -2.68. The number of hydrogen-bond acceptors (Lipinski definition) is 3. The maximum Gasteiger partial charge on any atom is 0.266 e. The van der Waals surface area contributed by atoms with E-state index in [-0.39, 0.29) is 12.2 Å². The summed E-state index contributed by atoms with van der Waals surface area (Å²) in [6.07, 6.45) is 1.44. The molecule has 3 rings (SSSR count). The van der Waals surface area contributed by atoms with E-state index >= 15 is 0 Å². The molecule has 32 heavy (non-hydrogen) atoms. The number of nitrogens with zero attached hydrogens (tertiary/aromatic N) is 1. The molecule has 0 unspecified atom stereocenters. The molecule has 1 amide bonds. The highest BCUT2D eigenvalue weighted by Gasteiger charge is 2.12. The van der Waals surface area contributed by atoms with Crippen LogP contribution in [-0.2, 0) is 11.4 Å². The lowest BCUT2D eigenvalue weighted by molar-refractivity contribution is -0.112. The van der Waals surface area contributed by atoms with E-state index in [9.17, 15) is 10.1 Å². The van der Waals surface area contributed by atoms with Crippen LogP contribution in [-0.4, -0.2) is 5.91 Å². The lowest BCUT2D eigenvalue weighted by atomic mass is 10.1. The molecule has 0 heterocycles. The minimum absolute atomic E-state index is 0.0839. The number of carbonyl (C=O) groups is 1. The summed E-state index contributed by atoms with van der Waals surface area (Å²) in [5.74, 6) is -0.117. The number of rotatable bonds is 6. The molecule has 0 aliphatic rings. The van der Waals surface area contributed by atoms with Gasteiger partial charge in [-0.25, -0.2) is 0 Å². The summed E-state index contributed by atoms with van der Waals surface area (Å²) in [6, 6.07) is 17.1. The Morgan fingerprint density at radius 2 is 1.78 bits per heavy atom. The summed E-state index contributed by atoms with van der Waals surface area (Å²) in [5.41, 5.74) is 2.63. The van der Waals surface area contributed by atoms with Gasteiger partial charge in [-0.05, 0) is 60.5 Å². The zero-order valence-corrected chi connectivity index (χ0v) is 19.8. The molecule has 0 spiro atoms. The van der Waals surface area contributed by atoms with E-state index in [4.69, 9.17) is 51.1 Å². The fourth-order valence-corrected chi connectivity index (χ4v) is 3.59. The Morgan fingerprint density at radius 3 is 2.44 bits per heavy atom. The molecule has 0 aliphatic carbocycles.